The molecule has 2 amide bonds. The molecule has 0 atom stereocenters. The summed E-state index contributed by atoms with van der Waals surface area (Å²) in [5.41, 5.74) is 0. The number of carbonyl (C=O) groups excluding carboxylic acids is 1. The second kappa shape index (κ2) is 5.65. The summed E-state index contributed by atoms with van der Waals surface area (Å²) in [4.78, 5) is 11.6. The first-order chi connectivity index (χ1) is 7.45. The van der Waals surface area contributed by atoms with E-state index in [0.717, 1.165) is 16.2 Å². The average Bonchev–Trinajstić information content (AvgIpc) is 2.69. The van der Waals surface area contributed by atoms with Crippen LogP contribution in [-0.4, -0.2) is 29.5 Å². The quantitative estimate of drug-likeness (QED) is 0.616. The van der Waals surface area contributed by atoms with Gasteiger partial charge in [0.15, 0.2) is 4.96 Å². The Morgan fingerprint density at radius 3 is 2.50 bits per heavy atom. The maximum atomic E-state index is 12.7. The third-order valence-electron chi connectivity index (χ3n) is 1.74. The lowest BCUT2D eigenvalue weighted by atomic mass is 10.5. The van der Waals surface area contributed by atoms with E-state index in [0.29, 0.717) is 4.90 Å². The highest BCUT2D eigenvalue weighted by Crippen LogP contribution is 2.26. The molecule has 1 aromatic heterocycles. The fourth-order valence-corrected chi connectivity index (χ4v) is 1.83. The molecule has 1 rings (SSSR count). The minimum Gasteiger partial charge on any atom is -0.298 e. The van der Waals surface area contributed by atoms with Crippen molar-refractivity contribution in [3.63, 3.8) is 0 Å². The van der Waals surface area contributed by atoms with Crippen molar-refractivity contribution in [1.29, 1.82) is 0 Å². The van der Waals surface area contributed by atoms with Crippen LogP contribution < -0.4 is 4.90 Å². The van der Waals surface area contributed by atoms with Crippen molar-refractivity contribution in [2.45, 2.75) is 11.5 Å². The molecule has 0 saturated carbocycles. The lowest BCUT2D eigenvalue weighted by molar-refractivity contribution is 0.136. The predicted molar refractivity (Wildman–Crippen MR) is 61.5 cm³/mol. The molecule has 1 aromatic rings. The van der Waals surface area contributed by atoms with Crippen LogP contribution in [0.2, 0.25) is 0 Å². The number of hydrogen-bond donors (Lipinski definition) is 0. The first-order valence-electron chi connectivity index (χ1n) is 4.11. The van der Waals surface area contributed by atoms with Gasteiger partial charge in [-0.05, 0) is 17.5 Å². The lowest BCUT2D eigenvalue weighted by Crippen LogP contribution is -2.45. The van der Waals surface area contributed by atoms with Gasteiger partial charge in [-0.1, -0.05) is 23.2 Å². The first-order valence-corrected chi connectivity index (χ1v) is 5.86. The predicted octanol–water partition coefficient (Wildman–Crippen LogP) is 3.59. The minimum absolute atomic E-state index is 0.140. The van der Waals surface area contributed by atoms with Gasteiger partial charge in [0.25, 0.3) is 0 Å². The summed E-state index contributed by atoms with van der Waals surface area (Å²) in [6, 6.07) is 2.04. The highest BCUT2D eigenvalue weighted by atomic mass is 35.5. The van der Waals surface area contributed by atoms with Gasteiger partial charge in [-0.2, -0.15) is 8.78 Å². The summed E-state index contributed by atoms with van der Waals surface area (Å²) >= 11 is 11.9. The summed E-state index contributed by atoms with van der Waals surface area (Å²) in [5, 5.41) is 1.73. The van der Waals surface area contributed by atoms with E-state index >= 15 is 0 Å². The van der Waals surface area contributed by atoms with Gasteiger partial charge in [0.1, 0.15) is 5.00 Å². The average molecular weight is 289 g/mol. The van der Waals surface area contributed by atoms with Crippen LogP contribution in [0.5, 0.6) is 0 Å². The summed E-state index contributed by atoms with van der Waals surface area (Å²) in [5.74, 6) is 0. The van der Waals surface area contributed by atoms with Crippen LogP contribution in [0.1, 0.15) is 0 Å². The van der Waals surface area contributed by atoms with Gasteiger partial charge in [0, 0.05) is 7.05 Å². The van der Waals surface area contributed by atoms with E-state index < -0.39 is 17.5 Å². The smallest absolute Gasteiger partial charge is 0.298 e. The molecule has 0 aliphatic heterocycles. The minimum atomic E-state index is -2.94. The van der Waals surface area contributed by atoms with Gasteiger partial charge in [-0.15, -0.1) is 11.3 Å². The van der Waals surface area contributed by atoms with Crippen molar-refractivity contribution in [3.8, 4) is 0 Å². The molecule has 0 aliphatic carbocycles. The largest absolute Gasteiger partial charge is 0.331 e. The zero-order valence-electron chi connectivity index (χ0n) is 8.11. The summed E-state index contributed by atoms with van der Waals surface area (Å²) in [7, 11) is 1.25. The normalized spacial score (nSPS) is 10.9. The Bertz CT molecular complexity index is 348. The number of alkyl halides is 4. The number of anilines is 1. The molecular weight excluding hydrogens is 281 g/mol. The molecule has 3 nitrogen and oxygen atoms in total. The van der Waals surface area contributed by atoms with Crippen LogP contribution in [0, 0.1) is 0 Å². The van der Waals surface area contributed by atoms with Crippen molar-refractivity contribution in [1.82, 2.24) is 4.90 Å². The Kier molecular flexibility index (Phi) is 4.76. The van der Waals surface area contributed by atoms with Gasteiger partial charge in [-0.25, -0.2) is 9.69 Å². The fraction of sp³-hybridized carbons (Fsp3) is 0.375. The molecule has 1 heterocycles. The van der Waals surface area contributed by atoms with Crippen LogP contribution in [0.3, 0.4) is 0 Å². The van der Waals surface area contributed by atoms with E-state index in [-0.39, 0.29) is 5.00 Å². The third-order valence-corrected chi connectivity index (χ3v) is 3.19. The maximum Gasteiger partial charge on any atom is 0.331 e. The number of rotatable bonds is 3. The maximum absolute atomic E-state index is 12.7. The zero-order valence-corrected chi connectivity index (χ0v) is 10.4. The number of thiophene rings is 1. The van der Waals surface area contributed by atoms with Crippen LogP contribution in [0.4, 0.5) is 18.6 Å². The topological polar surface area (TPSA) is 23.6 Å². The van der Waals surface area contributed by atoms with Gasteiger partial charge in [0.2, 0.25) is 0 Å². The molecule has 16 heavy (non-hydrogen) atoms. The SMILES string of the molecule is CN(C(=O)N(c1cccs1)C(F)F)C(Cl)Cl. The van der Waals surface area contributed by atoms with Crippen LogP contribution >= 0.6 is 34.5 Å². The van der Waals surface area contributed by atoms with Crippen molar-refractivity contribution in [2.75, 3.05) is 11.9 Å². The first kappa shape index (κ1) is 13.5. The van der Waals surface area contributed by atoms with Crippen LogP contribution in [-0.2, 0) is 0 Å². The molecule has 0 aromatic carbocycles. The van der Waals surface area contributed by atoms with E-state index in [9.17, 15) is 13.6 Å². The van der Waals surface area contributed by atoms with Gasteiger partial charge < -0.3 is 0 Å². The molecule has 0 saturated heterocycles. The van der Waals surface area contributed by atoms with E-state index in [1.807, 2.05) is 0 Å². The molecule has 0 N–H and O–H groups in total. The van der Waals surface area contributed by atoms with Crippen molar-refractivity contribution >= 4 is 45.6 Å². The number of carbonyl (C=O) groups is 1. The number of hydrogen-bond acceptors (Lipinski definition) is 2. The monoisotopic (exact) mass is 288 g/mol. The molecule has 0 fully saturated rings. The van der Waals surface area contributed by atoms with Crippen LogP contribution in [0.25, 0.3) is 0 Å². The van der Waals surface area contributed by atoms with E-state index in [4.69, 9.17) is 23.2 Å². The van der Waals surface area contributed by atoms with Crippen LogP contribution in [0.15, 0.2) is 17.5 Å². The third kappa shape index (κ3) is 2.96. The Morgan fingerprint density at radius 1 is 1.50 bits per heavy atom. The van der Waals surface area contributed by atoms with Gasteiger partial charge in [0.05, 0.1) is 0 Å². The zero-order chi connectivity index (χ0) is 12.3. The Morgan fingerprint density at radius 2 is 2.12 bits per heavy atom. The van der Waals surface area contributed by atoms with E-state index in [2.05, 4.69) is 0 Å². The Labute approximate surface area is 105 Å². The summed E-state index contributed by atoms with van der Waals surface area (Å²) in [6.07, 6.45) is 0. The molecule has 0 unspecified atom stereocenters. The standard InChI is InChI=1S/C8H8Cl2F2N2OS/c1-13(6(9)10)8(15)14(7(11)12)5-3-2-4-16-5/h2-4,6-7H,1H3. The molecule has 0 radical (unpaired) electrons. The number of urea groups is 1. The number of halogens is 4. The lowest BCUT2D eigenvalue weighted by Gasteiger charge is -2.26. The molecule has 0 bridgehead atoms. The highest BCUT2D eigenvalue weighted by Gasteiger charge is 2.30. The Balaban J connectivity index is 2.92. The van der Waals surface area contributed by atoms with E-state index in [1.165, 1.54) is 13.1 Å². The van der Waals surface area contributed by atoms with Gasteiger partial charge in [-0.3, -0.25) is 4.90 Å². The fourth-order valence-electron chi connectivity index (χ4n) is 0.934. The number of nitrogens with zero attached hydrogens (tertiary/aromatic N) is 2. The second-order valence-corrected chi connectivity index (χ2v) is 4.75. The highest BCUT2D eigenvalue weighted by molar-refractivity contribution is 7.14. The molecule has 0 aliphatic rings. The summed E-state index contributed by atoms with van der Waals surface area (Å²) in [6.45, 7) is -2.94. The van der Waals surface area contributed by atoms with E-state index in [1.54, 1.807) is 11.4 Å². The van der Waals surface area contributed by atoms with Crippen molar-refractivity contribution in [3.05, 3.63) is 17.5 Å². The molecule has 0 spiro atoms. The molecule has 8 heteroatoms. The molecular formula is C8H8Cl2F2N2OS. The Hall–Kier alpha value is -0.590. The summed E-state index contributed by atoms with van der Waals surface area (Å²) < 4.78 is 25.5. The second-order valence-electron chi connectivity index (χ2n) is 2.77. The van der Waals surface area contributed by atoms with Crippen molar-refractivity contribution < 1.29 is 13.6 Å². The molecule has 90 valence electrons. The van der Waals surface area contributed by atoms with Gasteiger partial charge >= 0.3 is 12.6 Å². The van der Waals surface area contributed by atoms with Crippen molar-refractivity contribution in [2.24, 2.45) is 0 Å². The number of amides is 2.